The SMILES string of the molecule is O=C(Nc1ccncn1)NC1CCCN(c2ccccc2Cl)C1=O. The van der Waals surface area contributed by atoms with E-state index in [0.29, 0.717) is 29.5 Å². The van der Waals surface area contributed by atoms with E-state index >= 15 is 0 Å². The Hall–Kier alpha value is -2.67. The molecule has 1 aliphatic rings. The van der Waals surface area contributed by atoms with E-state index in [4.69, 9.17) is 11.6 Å². The number of amides is 3. The number of para-hydroxylation sites is 1. The number of nitrogens with zero attached hydrogens (tertiary/aromatic N) is 3. The van der Waals surface area contributed by atoms with Crippen molar-refractivity contribution in [2.24, 2.45) is 0 Å². The Morgan fingerprint density at radius 1 is 1.29 bits per heavy atom. The van der Waals surface area contributed by atoms with Crippen molar-refractivity contribution < 1.29 is 9.59 Å². The molecule has 2 N–H and O–H groups in total. The van der Waals surface area contributed by atoms with Crippen LogP contribution in [-0.2, 0) is 4.79 Å². The van der Waals surface area contributed by atoms with Gasteiger partial charge in [0.2, 0.25) is 5.91 Å². The minimum atomic E-state index is -0.600. The number of nitrogens with one attached hydrogen (secondary N) is 2. The minimum Gasteiger partial charge on any atom is -0.326 e. The summed E-state index contributed by atoms with van der Waals surface area (Å²) in [6.07, 6.45) is 4.21. The monoisotopic (exact) mass is 345 g/mol. The maximum absolute atomic E-state index is 12.7. The third kappa shape index (κ3) is 3.62. The fourth-order valence-electron chi connectivity index (χ4n) is 2.59. The average Bonchev–Trinajstić information content (AvgIpc) is 2.58. The number of anilines is 2. The predicted molar refractivity (Wildman–Crippen MR) is 91.0 cm³/mol. The highest BCUT2D eigenvalue weighted by molar-refractivity contribution is 6.33. The first-order valence-corrected chi connectivity index (χ1v) is 7.92. The highest BCUT2D eigenvalue weighted by Crippen LogP contribution is 2.28. The molecular weight excluding hydrogens is 330 g/mol. The molecule has 0 saturated carbocycles. The number of halogens is 1. The Morgan fingerprint density at radius 3 is 2.88 bits per heavy atom. The van der Waals surface area contributed by atoms with Gasteiger partial charge in [-0.15, -0.1) is 0 Å². The number of benzene rings is 1. The maximum Gasteiger partial charge on any atom is 0.321 e. The third-order valence-electron chi connectivity index (χ3n) is 3.71. The van der Waals surface area contributed by atoms with E-state index < -0.39 is 12.1 Å². The highest BCUT2D eigenvalue weighted by Gasteiger charge is 2.31. The molecule has 1 saturated heterocycles. The highest BCUT2D eigenvalue weighted by atomic mass is 35.5. The number of hydrogen-bond acceptors (Lipinski definition) is 4. The summed E-state index contributed by atoms with van der Waals surface area (Å²) in [5.41, 5.74) is 0.659. The number of aromatic nitrogens is 2. The van der Waals surface area contributed by atoms with Crippen molar-refractivity contribution in [3.63, 3.8) is 0 Å². The molecule has 1 unspecified atom stereocenters. The van der Waals surface area contributed by atoms with Gasteiger partial charge in [0.25, 0.3) is 0 Å². The third-order valence-corrected chi connectivity index (χ3v) is 4.03. The lowest BCUT2D eigenvalue weighted by Crippen LogP contribution is -2.53. The van der Waals surface area contributed by atoms with Crippen molar-refractivity contribution in [1.29, 1.82) is 0 Å². The summed E-state index contributed by atoms with van der Waals surface area (Å²) in [5, 5.41) is 5.78. The van der Waals surface area contributed by atoms with Crippen LogP contribution in [0.3, 0.4) is 0 Å². The second-order valence-electron chi connectivity index (χ2n) is 5.33. The smallest absolute Gasteiger partial charge is 0.321 e. The molecular formula is C16H16ClN5O2. The van der Waals surface area contributed by atoms with Gasteiger partial charge >= 0.3 is 6.03 Å². The van der Waals surface area contributed by atoms with Crippen LogP contribution in [0.2, 0.25) is 5.02 Å². The molecule has 124 valence electrons. The summed E-state index contributed by atoms with van der Waals surface area (Å²) in [6, 6.07) is 7.66. The zero-order valence-electron chi connectivity index (χ0n) is 12.8. The summed E-state index contributed by atoms with van der Waals surface area (Å²) in [5.74, 6) is 0.195. The predicted octanol–water partition coefficient (Wildman–Crippen LogP) is 2.45. The van der Waals surface area contributed by atoms with E-state index in [1.807, 2.05) is 12.1 Å². The van der Waals surface area contributed by atoms with E-state index in [-0.39, 0.29) is 5.91 Å². The number of urea groups is 1. The zero-order chi connectivity index (χ0) is 16.9. The zero-order valence-corrected chi connectivity index (χ0v) is 13.5. The molecule has 0 aliphatic carbocycles. The Morgan fingerprint density at radius 2 is 2.12 bits per heavy atom. The first-order chi connectivity index (χ1) is 11.6. The normalized spacial score (nSPS) is 17.5. The van der Waals surface area contributed by atoms with Crippen LogP contribution in [0.1, 0.15) is 12.8 Å². The molecule has 7 nitrogen and oxygen atoms in total. The largest absolute Gasteiger partial charge is 0.326 e. The van der Waals surface area contributed by atoms with Gasteiger partial charge in [-0.1, -0.05) is 23.7 Å². The molecule has 1 aromatic heterocycles. The van der Waals surface area contributed by atoms with Crippen LogP contribution in [0.4, 0.5) is 16.3 Å². The Bertz CT molecular complexity index is 740. The summed E-state index contributed by atoms with van der Waals surface area (Å²) in [6.45, 7) is 0.578. The van der Waals surface area contributed by atoms with E-state index in [1.165, 1.54) is 12.5 Å². The van der Waals surface area contributed by atoms with E-state index in [2.05, 4.69) is 20.6 Å². The van der Waals surface area contributed by atoms with Gasteiger partial charge in [-0.2, -0.15) is 0 Å². The van der Waals surface area contributed by atoms with Gasteiger partial charge in [-0.05, 0) is 31.0 Å². The number of hydrogen-bond donors (Lipinski definition) is 2. The molecule has 1 aliphatic heterocycles. The molecule has 0 spiro atoms. The quantitative estimate of drug-likeness (QED) is 0.894. The lowest BCUT2D eigenvalue weighted by molar-refractivity contribution is -0.121. The lowest BCUT2D eigenvalue weighted by Gasteiger charge is -2.33. The van der Waals surface area contributed by atoms with Crippen molar-refractivity contribution in [2.75, 3.05) is 16.8 Å². The number of carbonyl (C=O) groups is 2. The Balaban J connectivity index is 1.67. The molecule has 1 atom stereocenters. The van der Waals surface area contributed by atoms with Crippen LogP contribution in [-0.4, -0.2) is 34.5 Å². The molecule has 24 heavy (non-hydrogen) atoms. The standard InChI is InChI=1S/C16H16ClN5O2/c17-11-4-1-2-6-13(11)22-9-3-5-12(15(22)23)20-16(24)21-14-7-8-18-10-19-14/h1-2,4,6-8,10,12H,3,5,9H2,(H2,18,19,20,21,24). The van der Waals surface area contributed by atoms with Gasteiger partial charge in [0.05, 0.1) is 10.7 Å². The van der Waals surface area contributed by atoms with Crippen LogP contribution in [0.15, 0.2) is 42.9 Å². The van der Waals surface area contributed by atoms with E-state index in [0.717, 1.165) is 6.42 Å². The number of rotatable bonds is 3. The van der Waals surface area contributed by atoms with Gasteiger partial charge in [0, 0.05) is 12.7 Å². The molecule has 0 bridgehead atoms. The molecule has 2 aromatic rings. The second-order valence-corrected chi connectivity index (χ2v) is 5.74. The Labute approximate surface area is 144 Å². The van der Waals surface area contributed by atoms with Gasteiger partial charge in [0.15, 0.2) is 0 Å². The van der Waals surface area contributed by atoms with Crippen LogP contribution in [0.25, 0.3) is 0 Å². The van der Waals surface area contributed by atoms with Gasteiger partial charge < -0.3 is 10.2 Å². The molecule has 1 aromatic carbocycles. The van der Waals surface area contributed by atoms with E-state index in [9.17, 15) is 9.59 Å². The van der Waals surface area contributed by atoms with Crippen molar-refractivity contribution >= 4 is 35.0 Å². The fraction of sp³-hybridized carbons (Fsp3) is 0.250. The molecule has 3 rings (SSSR count). The van der Waals surface area contributed by atoms with Crippen LogP contribution >= 0.6 is 11.6 Å². The molecule has 1 fully saturated rings. The molecule has 3 amide bonds. The summed E-state index contributed by atoms with van der Waals surface area (Å²) >= 11 is 6.18. The van der Waals surface area contributed by atoms with Crippen molar-refractivity contribution in [3.05, 3.63) is 47.9 Å². The molecule has 0 radical (unpaired) electrons. The summed E-state index contributed by atoms with van der Waals surface area (Å²) in [4.78, 5) is 34.0. The van der Waals surface area contributed by atoms with E-state index in [1.54, 1.807) is 23.1 Å². The van der Waals surface area contributed by atoms with Gasteiger partial charge in [-0.3, -0.25) is 10.1 Å². The number of piperidine rings is 1. The van der Waals surface area contributed by atoms with Crippen molar-refractivity contribution in [2.45, 2.75) is 18.9 Å². The van der Waals surface area contributed by atoms with Crippen LogP contribution < -0.4 is 15.5 Å². The number of carbonyl (C=O) groups excluding carboxylic acids is 2. The lowest BCUT2D eigenvalue weighted by atomic mass is 10.0. The van der Waals surface area contributed by atoms with Crippen molar-refractivity contribution in [1.82, 2.24) is 15.3 Å². The van der Waals surface area contributed by atoms with Gasteiger partial charge in [0.1, 0.15) is 18.2 Å². The topological polar surface area (TPSA) is 87.2 Å². The van der Waals surface area contributed by atoms with Crippen molar-refractivity contribution in [3.8, 4) is 0 Å². The molecule has 2 heterocycles. The fourth-order valence-corrected chi connectivity index (χ4v) is 2.83. The summed E-state index contributed by atoms with van der Waals surface area (Å²) < 4.78 is 0. The molecule has 8 heteroatoms. The maximum atomic E-state index is 12.7. The van der Waals surface area contributed by atoms with Crippen LogP contribution in [0, 0.1) is 0 Å². The first-order valence-electron chi connectivity index (χ1n) is 7.54. The Kier molecular flexibility index (Phi) is 4.90. The minimum absolute atomic E-state index is 0.174. The first kappa shape index (κ1) is 16.2. The summed E-state index contributed by atoms with van der Waals surface area (Å²) in [7, 11) is 0. The van der Waals surface area contributed by atoms with Crippen LogP contribution in [0.5, 0.6) is 0 Å². The van der Waals surface area contributed by atoms with Gasteiger partial charge in [-0.25, -0.2) is 14.8 Å². The second kappa shape index (κ2) is 7.27. The average molecular weight is 346 g/mol.